The molecule has 1 unspecified atom stereocenters. The smallest absolute Gasteiger partial charge is 0.0931 e. The molecular formula is C15H17BrClNS. The van der Waals surface area contributed by atoms with Crippen LogP contribution in [0.5, 0.6) is 0 Å². The lowest BCUT2D eigenvalue weighted by molar-refractivity contribution is 0.603. The zero-order valence-electron chi connectivity index (χ0n) is 11.0. The fraction of sp³-hybridized carbons (Fsp3) is 0.333. The van der Waals surface area contributed by atoms with Crippen LogP contribution in [0.15, 0.2) is 34.8 Å². The number of hydrogen-bond donors (Lipinski definition) is 1. The Kier molecular flexibility index (Phi) is 5.46. The normalized spacial score (nSPS) is 12.6. The summed E-state index contributed by atoms with van der Waals surface area (Å²) in [6, 6.07) is 10.6. The molecule has 1 atom stereocenters. The Morgan fingerprint density at radius 3 is 2.74 bits per heavy atom. The van der Waals surface area contributed by atoms with Gasteiger partial charge in [0.1, 0.15) is 0 Å². The van der Waals surface area contributed by atoms with E-state index in [0.717, 1.165) is 21.8 Å². The summed E-state index contributed by atoms with van der Waals surface area (Å²) in [6.45, 7) is 5.32. The molecule has 0 amide bonds. The van der Waals surface area contributed by atoms with E-state index in [-0.39, 0.29) is 6.04 Å². The molecule has 19 heavy (non-hydrogen) atoms. The van der Waals surface area contributed by atoms with E-state index >= 15 is 0 Å². The minimum Gasteiger partial charge on any atom is -0.306 e. The lowest BCUT2D eigenvalue weighted by Crippen LogP contribution is -2.23. The molecule has 1 heterocycles. The Bertz CT molecular complexity index is 553. The molecule has 1 nitrogen and oxygen atoms in total. The Morgan fingerprint density at radius 1 is 1.32 bits per heavy atom. The van der Waals surface area contributed by atoms with Crippen molar-refractivity contribution in [3.05, 3.63) is 55.1 Å². The van der Waals surface area contributed by atoms with Crippen molar-refractivity contribution in [3.63, 3.8) is 0 Å². The first-order valence-corrected chi connectivity index (χ1v) is 8.36. The molecule has 102 valence electrons. The lowest BCUT2D eigenvalue weighted by Gasteiger charge is -2.20. The van der Waals surface area contributed by atoms with E-state index in [1.54, 1.807) is 11.3 Å². The Labute approximate surface area is 132 Å². The van der Waals surface area contributed by atoms with Crippen LogP contribution in [0.4, 0.5) is 0 Å². The van der Waals surface area contributed by atoms with Crippen LogP contribution in [-0.4, -0.2) is 6.54 Å². The summed E-state index contributed by atoms with van der Waals surface area (Å²) in [5.74, 6) is 0. The molecule has 1 aromatic carbocycles. The third-order valence-electron chi connectivity index (χ3n) is 3.10. The highest BCUT2D eigenvalue weighted by Crippen LogP contribution is 2.34. The summed E-state index contributed by atoms with van der Waals surface area (Å²) in [5, 5.41) is 3.61. The van der Waals surface area contributed by atoms with Crippen molar-refractivity contribution in [1.29, 1.82) is 0 Å². The molecule has 0 spiro atoms. The number of rotatable bonds is 5. The molecule has 0 bridgehead atoms. The molecule has 0 saturated heterocycles. The van der Waals surface area contributed by atoms with Crippen LogP contribution in [0, 0.1) is 6.92 Å². The average molecular weight is 359 g/mol. The van der Waals surface area contributed by atoms with Crippen LogP contribution in [0.2, 0.25) is 4.34 Å². The maximum atomic E-state index is 6.08. The number of halogens is 2. The van der Waals surface area contributed by atoms with Crippen molar-refractivity contribution < 1.29 is 0 Å². The molecular weight excluding hydrogens is 342 g/mol. The molecule has 1 N–H and O–H groups in total. The van der Waals surface area contributed by atoms with Gasteiger partial charge in [0.2, 0.25) is 0 Å². The van der Waals surface area contributed by atoms with E-state index in [1.165, 1.54) is 16.0 Å². The van der Waals surface area contributed by atoms with Gasteiger partial charge in [-0.2, -0.15) is 0 Å². The van der Waals surface area contributed by atoms with Gasteiger partial charge in [0.15, 0.2) is 0 Å². The minimum atomic E-state index is 0.218. The van der Waals surface area contributed by atoms with E-state index in [4.69, 9.17) is 11.6 Å². The van der Waals surface area contributed by atoms with Crippen LogP contribution >= 0.6 is 38.9 Å². The quantitative estimate of drug-likeness (QED) is 0.737. The van der Waals surface area contributed by atoms with E-state index in [9.17, 15) is 0 Å². The standard InChI is InChI=1S/C15H17BrClNS/c1-3-9-18-15(13-7-8-14(17)19-13)11-5-4-6-12(16)10(11)2/h4-8,15,18H,3,9H2,1-2H3. The highest BCUT2D eigenvalue weighted by atomic mass is 79.9. The summed E-state index contributed by atoms with van der Waals surface area (Å²) in [7, 11) is 0. The predicted octanol–water partition coefficient (Wildman–Crippen LogP) is 5.56. The van der Waals surface area contributed by atoms with Gasteiger partial charge in [0.25, 0.3) is 0 Å². The van der Waals surface area contributed by atoms with E-state index in [1.807, 2.05) is 6.07 Å². The molecule has 0 aliphatic carbocycles. The van der Waals surface area contributed by atoms with Gasteiger partial charge < -0.3 is 5.32 Å². The molecule has 0 saturated carbocycles. The second-order valence-electron chi connectivity index (χ2n) is 4.48. The second-order valence-corrected chi connectivity index (χ2v) is 7.08. The van der Waals surface area contributed by atoms with Gasteiger partial charge in [0.05, 0.1) is 10.4 Å². The van der Waals surface area contributed by atoms with Crippen molar-refractivity contribution in [2.45, 2.75) is 26.3 Å². The van der Waals surface area contributed by atoms with Crippen LogP contribution in [-0.2, 0) is 0 Å². The number of hydrogen-bond acceptors (Lipinski definition) is 2. The van der Waals surface area contributed by atoms with Crippen LogP contribution in [0.3, 0.4) is 0 Å². The zero-order chi connectivity index (χ0) is 13.8. The maximum Gasteiger partial charge on any atom is 0.0931 e. The van der Waals surface area contributed by atoms with Crippen LogP contribution < -0.4 is 5.32 Å². The van der Waals surface area contributed by atoms with Gasteiger partial charge in [-0.15, -0.1) is 11.3 Å². The first-order chi connectivity index (χ1) is 9.13. The first-order valence-electron chi connectivity index (χ1n) is 6.37. The third-order valence-corrected chi connectivity index (χ3v) is 5.25. The summed E-state index contributed by atoms with van der Waals surface area (Å²) >= 11 is 11.3. The first kappa shape index (κ1) is 15.0. The molecule has 2 aromatic rings. The highest BCUT2D eigenvalue weighted by molar-refractivity contribution is 9.10. The number of nitrogens with one attached hydrogen (secondary N) is 1. The molecule has 0 aliphatic heterocycles. The van der Waals surface area contributed by atoms with E-state index in [0.29, 0.717) is 0 Å². The summed E-state index contributed by atoms with van der Waals surface area (Å²) in [4.78, 5) is 1.26. The summed E-state index contributed by atoms with van der Waals surface area (Å²) in [6.07, 6.45) is 1.11. The van der Waals surface area contributed by atoms with Crippen molar-refractivity contribution in [2.24, 2.45) is 0 Å². The summed E-state index contributed by atoms with van der Waals surface area (Å²) in [5.41, 5.74) is 2.59. The number of thiophene rings is 1. The minimum absolute atomic E-state index is 0.218. The molecule has 0 radical (unpaired) electrons. The SMILES string of the molecule is CCCNC(c1ccc(Cl)s1)c1cccc(Br)c1C. The van der Waals surface area contributed by atoms with Crippen molar-refractivity contribution in [3.8, 4) is 0 Å². The van der Waals surface area contributed by atoms with Gasteiger partial charge >= 0.3 is 0 Å². The maximum absolute atomic E-state index is 6.08. The molecule has 2 rings (SSSR count). The fourth-order valence-corrected chi connectivity index (χ4v) is 3.61. The molecule has 0 aliphatic rings. The lowest BCUT2D eigenvalue weighted by atomic mass is 10.00. The summed E-state index contributed by atoms with van der Waals surface area (Å²) < 4.78 is 1.99. The van der Waals surface area contributed by atoms with Crippen molar-refractivity contribution >= 4 is 38.9 Å². The van der Waals surface area contributed by atoms with Gasteiger partial charge in [0, 0.05) is 9.35 Å². The second kappa shape index (κ2) is 6.89. The van der Waals surface area contributed by atoms with E-state index in [2.05, 4.69) is 59.4 Å². The van der Waals surface area contributed by atoms with Crippen LogP contribution in [0.25, 0.3) is 0 Å². The third kappa shape index (κ3) is 3.60. The van der Waals surface area contributed by atoms with Gasteiger partial charge in [-0.25, -0.2) is 0 Å². The molecule has 1 aromatic heterocycles. The van der Waals surface area contributed by atoms with Gasteiger partial charge in [-0.1, -0.05) is 46.6 Å². The van der Waals surface area contributed by atoms with Crippen molar-refractivity contribution in [2.75, 3.05) is 6.54 Å². The van der Waals surface area contributed by atoms with Gasteiger partial charge in [-0.3, -0.25) is 0 Å². The van der Waals surface area contributed by atoms with Gasteiger partial charge in [-0.05, 0) is 49.2 Å². The monoisotopic (exact) mass is 357 g/mol. The van der Waals surface area contributed by atoms with E-state index < -0.39 is 0 Å². The fourth-order valence-electron chi connectivity index (χ4n) is 2.07. The Balaban J connectivity index is 2.39. The zero-order valence-corrected chi connectivity index (χ0v) is 14.2. The largest absolute Gasteiger partial charge is 0.306 e. The molecule has 4 heteroatoms. The topological polar surface area (TPSA) is 12.0 Å². The Morgan fingerprint density at radius 2 is 2.11 bits per heavy atom. The highest BCUT2D eigenvalue weighted by Gasteiger charge is 2.18. The van der Waals surface area contributed by atoms with Crippen molar-refractivity contribution in [1.82, 2.24) is 5.32 Å². The predicted molar refractivity (Wildman–Crippen MR) is 88.3 cm³/mol. The number of benzene rings is 1. The van der Waals surface area contributed by atoms with Crippen LogP contribution in [0.1, 0.15) is 35.4 Å². The molecule has 0 fully saturated rings. The Hall–Kier alpha value is -0.350. The average Bonchev–Trinajstić information content (AvgIpc) is 2.81.